The van der Waals surface area contributed by atoms with Crippen LogP contribution in [-0.4, -0.2) is 20.5 Å². The van der Waals surface area contributed by atoms with Crippen molar-refractivity contribution in [1.82, 2.24) is 14.8 Å². The largest absolute Gasteiger partial charge is 0.288 e. The number of benzene rings is 3. The van der Waals surface area contributed by atoms with E-state index in [0.29, 0.717) is 10.9 Å². The van der Waals surface area contributed by atoms with Gasteiger partial charge in [0, 0.05) is 33.7 Å². The molecular weight excluding hydrogens is 430 g/mol. The monoisotopic (exact) mass is 447 g/mol. The Bertz CT molecular complexity index is 1590. The summed E-state index contributed by atoms with van der Waals surface area (Å²) < 4.78 is 1.95. The number of rotatable bonds is 3. The zero-order valence-corrected chi connectivity index (χ0v) is 18.3. The minimum Gasteiger partial charge on any atom is -0.288 e. The van der Waals surface area contributed by atoms with Crippen molar-refractivity contribution in [3.8, 4) is 16.9 Å². The Morgan fingerprint density at radius 3 is 2.52 bits per heavy atom. The Hall–Kier alpha value is -3.76. The van der Waals surface area contributed by atoms with Crippen molar-refractivity contribution < 1.29 is 4.79 Å². The molecule has 5 heteroatoms. The first-order valence-electron chi connectivity index (χ1n) is 11.1. The topological polar surface area (TPSA) is 47.8 Å². The van der Waals surface area contributed by atoms with Gasteiger partial charge in [0.2, 0.25) is 0 Å². The van der Waals surface area contributed by atoms with Gasteiger partial charge >= 0.3 is 0 Å². The fourth-order valence-corrected chi connectivity index (χ4v) is 5.39. The molecule has 5 aromatic rings. The number of carbonyl (C=O) groups excluding carboxylic acids is 1. The maximum Gasteiger partial charge on any atom is 0.197 e. The van der Waals surface area contributed by atoms with Gasteiger partial charge < -0.3 is 0 Å². The molecule has 0 radical (unpaired) electrons. The molecule has 1 fully saturated rings. The van der Waals surface area contributed by atoms with Gasteiger partial charge in [0.15, 0.2) is 5.78 Å². The molecule has 2 aliphatic carbocycles. The van der Waals surface area contributed by atoms with Gasteiger partial charge in [-0.3, -0.25) is 9.78 Å². The molecule has 1 saturated carbocycles. The summed E-state index contributed by atoms with van der Waals surface area (Å²) in [6, 6.07) is 26.0. The predicted molar refractivity (Wildman–Crippen MR) is 129 cm³/mol. The Morgan fingerprint density at radius 1 is 0.879 bits per heavy atom. The van der Waals surface area contributed by atoms with E-state index in [-0.39, 0.29) is 11.7 Å². The number of halogens is 1. The normalized spacial score (nSPS) is 18.4. The third-order valence-electron chi connectivity index (χ3n) is 6.85. The van der Waals surface area contributed by atoms with Crippen LogP contribution in [0.3, 0.4) is 0 Å². The molecular formula is C28H18ClN3O. The Balaban J connectivity index is 1.47. The lowest BCUT2D eigenvalue weighted by Gasteiger charge is -2.10. The quantitative estimate of drug-likeness (QED) is 0.309. The first-order valence-corrected chi connectivity index (χ1v) is 11.4. The van der Waals surface area contributed by atoms with Gasteiger partial charge in [-0.25, -0.2) is 4.68 Å². The van der Waals surface area contributed by atoms with Crippen LogP contribution >= 0.6 is 11.6 Å². The molecule has 2 unspecified atom stereocenters. The van der Waals surface area contributed by atoms with Crippen molar-refractivity contribution in [2.24, 2.45) is 0 Å². The van der Waals surface area contributed by atoms with E-state index in [9.17, 15) is 4.79 Å². The SMILES string of the molecule is O=C1c2ccccc2-c2c1c(C1CC1c1ccccc1)nn2-c1ccnc2cc(Cl)ccc12. The molecule has 2 atom stereocenters. The van der Waals surface area contributed by atoms with Gasteiger partial charge in [-0.15, -0.1) is 0 Å². The summed E-state index contributed by atoms with van der Waals surface area (Å²) in [6.07, 6.45) is 2.78. The second-order valence-corrected chi connectivity index (χ2v) is 9.18. The standard InChI is InChI=1S/C28H18ClN3O/c29-17-10-11-20-23(14-17)30-13-12-24(20)32-27-18-8-4-5-9-19(18)28(33)25(27)26(31-32)22-15-21(22)16-6-2-1-3-7-16/h1-14,21-22H,15H2. The van der Waals surface area contributed by atoms with Crippen LogP contribution in [0.15, 0.2) is 85.1 Å². The molecule has 2 heterocycles. The first-order chi connectivity index (χ1) is 16.2. The lowest BCUT2D eigenvalue weighted by molar-refractivity contribution is 0.104. The molecule has 0 N–H and O–H groups in total. The lowest BCUT2D eigenvalue weighted by atomic mass is 10.0. The first kappa shape index (κ1) is 18.8. The number of carbonyl (C=O) groups is 1. The smallest absolute Gasteiger partial charge is 0.197 e. The minimum atomic E-state index is 0.0713. The number of fused-ring (bicyclic) bond motifs is 4. The molecule has 3 aromatic carbocycles. The van der Waals surface area contributed by atoms with Gasteiger partial charge in [0.05, 0.1) is 28.2 Å². The molecule has 0 bridgehead atoms. The zero-order valence-electron chi connectivity index (χ0n) is 17.6. The van der Waals surface area contributed by atoms with Crippen molar-refractivity contribution in [3.63, 3.8) is 0 Å². The minimum absolute atomic E-state index is 0.0713. The molecule has 2 aromatic heterocycles. The molecule has 2 aliphatic rings. The van der Waals surface area contributed by atoms with Crippen molar-refractivity contribution in [1.29, 1.82) is 0 Å². The average Bonchev–Trinajstić information content (AvgIpc) is 3.47. The third kappa shape index (κ3) is 2.74. The van der Waals surface area contributed by atoms with Gasteiger partial charge in [-0.2, -0.15) is 5.10 Å². The van der Waals surface area contributed by atoms with Crippen LogP contribution < -0.4 is 0 Å². The number of ketones is 1. The summed E-state index contributed by atoms with van der Waals surface area (Å²) in [4.78, 5) is 18.0. The molecule has 158 valence electrons. The van der Waals surface area contributed by atoms with Crippen LogP contribution in [0.25, 0.3) is 27.8 Å². The van der Waals surface area contributed by atoms with Crippen LogP contribution in [0, 0.1) is 0 Å². The molecule has 0 spiro atoms. The van der Waals surface area contributed by atoms with E-state index in [4.69, 9.17) is 16.7 Å². The lowest BCUT2D eigenvalue weighted by Crippen LogP contribution is -2.03. The number of aromatic nitrogens is 3. The summed E-state index contributed by atoms with van der Waals surface area (Å²) in [5.41, 5.74) is 7.23. The Kier molecular flexibility index (Phi) is 3.91. The fraction of sp³-hybridized carbons (Fsp3) is 0.107. The number of hydrogen-bond donors (Lipinski definition) is 0. The highest BCUT2D eigenvalue weighted by Gasteiger charge is 2.46. The van der Waals surface area contributed by atoms with Gasteiger partial charge in [-0.1, -0.05) is 66.2 Å². The summed E-state index contributed by atoms with van der Waals surface area (Å²) in [7, 11) is 0. The number of pyridine rings is 1. The maximum absolute atomic E-state index is 13.6. The highest BCUT2D eigenvalue weighted by atomic mass is 35.5. The van der Waals surface area contributed by atoms with E-state index < -0.39 is 0 Å². The molecule has 0 saturated heterocycles. The van der Waals surface area contributed by atoms with E-state index in [1.807, 2.05) is 59.3 Å². The van der Waals surface area contributed by atoms with E-state index >= 15 is 0 Å². The highest BCUT2D eigenvalue weighted by molar-refractivity contribution is 6.31. The fourth-order valence-electron chi connectivity index (χ4n) is 5.22. The van der Waals surface area contributed by atoms with Crippen molar-refractivity contribution in [2.75, 3.05) is 0 Å². The van der Waals surface area contributed by atoms with Crippen LogP contribution in [0.4, 0.5) is 0 Å². The Morgan fingerprint density at radius 2 is 1.67 bits per heavy atom. The van der Waals surface area contributed by atoms with Crippen LogP contribution in [-0.2, 0) is 0 Å². The van der Waals surface area contributed by atoms with Crippen LogP contribution in [0.2, 0.25) is 5.02 Å². The summed E-state index contributed by atoms with van der Waals surface area (Å²) in [6.45, 7) is 0. The van der Waals surface area contributed by atoms with Crippen molar-refractivity contribution in [2.45, 2.75) is 18.3 Å². The van der Waals surface area contributed by atoms with E-state index in [1.165, 1.54) is 5.56 Å². The second kappa shape index (κ2) is 6.87. The third-order valence-corrected chi connectivity index (χ3v) is 7.08. The summed E-state index contributed by atoms with van der Waals surface area (Å²) in [5, 5.41) is 6.69. The number of hydrogen-bond acceptors (Lipinski definition) is 3. The molecule has 33 heavy (non-hydrogen) atoms. The molecule has 7 rings (SSSR count). The highest BCUT2D eigenvalue weighted by Crippen LogP contribution is 2.57. The van der Waals surface area contributed by atoms with Crippen LogP contribution in [0.1, 0.15) is 45.4 Å². The van der Waals surface area contributed by atoms with Crippen LogP contribution in [0.5, 0.6) is 0 Å². The summed E-state index contributed by atoms with van der Waals surface area (Å²) in [5.74, 6) is 0.702. The molecule has 4 nitrogen and oxygen atoms in total. The van der Waals surface area contributed by atoms with Gasteiger partial charge in [-0.05, 0) is 42.2 Å². The van der Waals surface area contributed by atoms with Crippen molar-refractivity contribution in [3.05, 3.63) is 112 Å². The van der Waals surface area contributed by atoms with E-state index in [1.54, 1.807) is 6.20 Å². The van der Waals surface area contributed by atoms with Crippen molar-refractivity contribution >= 4 is 28.3 Å². The summed E-state index contributed by atoms with van der Waals surface area (Å²) >= 11 is 6.22. The van der Waals surface area contributed by atoms with E-state index in [2.05, 4.69) is 29.2 Å². The average molecular weight is 448 g/mol. The van der Waals surface area contributed by atoms with Gasteiger partial charge in [0.25, 0.3) is 0 Å². The molecule has 0 amide bonds. The second-order valence-electron chi connectivity index (χ2n) is 8.75. The zero-order chi connectivity index (χ0) is 22.1. The Labute approximate surface area is 195 Å². The van der Waals surface area contributed by atoms with Gasteiger partial charge in [0.1, 0.15) is 0 Å². The predicted octanol–water partition coefficient (Wildman–Crippen LogP) is 6.56. The van der Waals surface area contributed by atoms with E-state index in [0.717, 1.165) is 51.1 Å². The number of nitrogens with zero attached hydrogens (tertiary/aromatic N) is 3. The molecule has 0 aliphatic heterocycles. The maximum atomic E-state index is 13.6.